The number of aromatic carboxylic acids is 1. The summed E-state index contributed by atoms with van der Waals surface area (Å²) in [6.07, 6.45) is 0. The van der Waals surface area contributed by atoms with Crippen LogP contribution in [0.3, 0.4) is 0 Å². The molecule has 4 heteroatoms. The molecule has 0 aliphatic heterocycles. The average Bonchev–Trinajstić information content (AvgIpc) is 2.67. The maximum atomic E-state index is 11.0. The molecular formula is C13H8BrNO2. The zero-order valence-corrected chi connectivity index (χ0v) is 10.3. The van der Waals surface area contributed by atoms with Crippen LogP contribution in [0.2, 0.25) is 0 Å². The first-order chi connectivity index (χ1) is 8.16. The molecule has 2 N–H and O–H groups in total. The lowest BCUT2D eigenvalue weighted by molar-refractivity contribution is 0.0697. The second kappa shape index (κ2) is 3.60. The minimum absolute atomic E-state index is 0.300. The highest BCUT2D eigenvalue weighted by Gasteiger charge is 2.10. The van der Waals surface area contributed by atoms with Crippen LogP contribution in [0.1, 0.15) is 10.4 Å². The number of nitrogens with one attached hydrogen (secondary N) is 1. The zero-order chi connectivity index (χ0) is 12.0. The van der Waals surface area contributed by atoms with Gasteiger partial charge in [-0.1, -0.05) is 22.0 Å². The Balaban J connectivity index is 2.48. The molecule has 0 fully saturated rings. The van der Waals surface area contributed by atoms with E-state index in [9.17, 15) is 4.79 Å². The van der Waals surface area contributed by atoms with Crippen LogP contribution in [0.5, 0.6) is 0 Å². The van der Waals surface area contributed by atoms with Gasteiger partial charge < -0.3 is 10.1 Å². The molecule has 0 atom stereocenters. The Labute approximate surface area is 105 Å². The Morgan fingerprint density at radius 2 is 2.00 bits per heavy atom. The molecule has 0 radical (unpaired) electrons. The molecule has 0 saturated carbocycles. The molecular weight excluding hydrogens is 282 g/mol. The van der Waals surface area contributed by atoms with E-state index in [-0.39, 0.29) is 0 Å². The third-order valence-corrected chi connectivity index (χ3v) is 3.48. The van der Waals surface area contributed by atoms with Gasteiger partial charge in [0.25, 0.3) is 0 Å². The molecule has 0 aliphatic rings. The number of rotatable bonds is 1. The highest BCUT2D eigenvalue weighted by Crippen LogP contribution is 2.31. The molecule has 0 spiro atoms. The van der Waals surface area contributed by atoms with Crippen molar-refractivity contribution in [3.63, 3.8) is 0 Å². The minimum Gasteiger partial charge on any atom is -0.478 e. The molecule has 0 saturated heterocycles. The van der Waals surface area contributed by atoms with Crippen LogP contribution in [0.25, 0.3) is 21.8 Å². The van der Waals surface area contributed by atoms with Gasteiger partial charge in [-0.2, -0.15) is 0 Å². The summed E-state index contributed by atoms with van der Waals surface area (Å²) < 4.78 is 0.962. The molecule has 3 aromatic rings. The van der Waals surface area contributed by atoms with Gasteiger partial charge in [-0.25, -0.2) is 4.79 Å². The lowest BCUT2D eigenvalue weighted by Gasteiger charge is -1.96. The number of H-pyrrole nitrogens is 1. The number of carboxylic acid groups (broad SMARTS) is 1. The standard InChI is InChI=1S/C13H8BrNO2/c14-9-2-1-3-11-12(9)8-6-7(13(16)17)4-5-10(8)15-11/h1-6,15H,(H,16,17). The fourth-order valence-electron chi connectivity index (χ4n) is 2.04. The van der Waals surface area contributed by atoms with Crippen molar-refractivity contribution in [1.82, 2.24) is 4.98 Å². The van der Waals surface area contributed by atoms with Gasteiger partial charge in [-0.05, 0) is 30.3 Å². The lowest BCUT2D eigenvalue weighted by atomic mass is 10.1. The summed E-state index contributed by atoms with van der Waals surface area (Å²) in [5, 5.41) is 10.9. The molecule has 0 unspecified atom stereocenters. The number of aromatic amines is 1. The van der Waals surface area contributed by atoms with E-state index in [2.05, 4.69) is 20.9 Å². The van der Waals surface area contributed by atoms with Gasteiger partial charge in [0, 0.05) is 26.3 Å². The van der Waals surface area contributed by atoms with Crippen molar-refractivity contribution in [2.75, 3.05) is 0 Å². The van der Waals surface area contributed by atoms with Crippen molar-refractivity contribution in [3.8, 4) is 0 Å². The first kappa shape index (κ1) is 10.4. The molecule has 3 nitrogen and oxygen atoms in total. The maximum absolute atomic E-state index is 11.0. The van der Waals surface area contributed by atoms with E-state index in [0.29, 0.717) is 5.56 Å². The molecule has 3 rings (SSSR count). The van der Waals surface area contributed by atoms with Crippen LogP contribution in [0.15, 0.2) is 40.9 Å². The summed E-state index contributed by atoms with van der Waals surface area (Å²) >= 11 is 3.49. The quantitative estimate of drug-likeness (QED) is 0.716. The Bertz CT molecular complexity index is 746. The molecule has 0 amide bonds. The van der Waals surface area contributed by atoms with Gasteiger partial charge in [0.1, 0.15) is 0 Å². The fourth-order valence-corrected chi connectivity index (χ4v) is 2.62. The van der Waals surface area contributed by atoms with E-state index in [4.69, 9.17) is 5.11 Å². The van der Waals surface area contributed by atoms with Gasteiger partial charge in [0.2, 0.25) is 0 Å². The van der Waals surface area contributed by atoms with Crippen molar-refractivity contribution in [1.29, 1.82) is 0 Å². The monoisotopic (exact) mass is 289 g/mol. The molecule has 1 heterocycles. The summed E-state index contributed by atoms with van der Waals surface area (Å²) in [7, 11) is 0. The molecule has 0 aliphatic carbocycles. The summed E-state index contributed by atoms with van der Waals surface area (Å²) in [6.45, 7) is 0. The van der Waals surface area contributed by atoms with Crippen LogP contribution in [-0.4, -0.2) is 16.1 Å². The van der Waals surface area contributed by atoms with Crippen LogP contribution < -0.4 is 0 Å². The van der Waals surface area contributed by atoms with Crippen molar-refractivity contribution >= 4 is 43.7 Å². The predicted molar refractivity (Wildman–Crippen MR) is 70.5 cm³/mol. The molecule has 17 heavy (non-hydrogen) atoms. The summed E-state index contributed by atoms with van der Waals surface area (Å²) in [5.41, 5.74) is 2.24. The Morgan fingerprint density at radius 3 is 2.76 bits per heavy atom. The molecule has 0 bridgehead atoms. The lowest BCUT2D eigenvalue weighted by Crippen LogP contribution is -1.94. The second-order valence-electron chi connectivity index (χ2n) is 3.85. The smallest absolute Gasteiger partial charge is 0.335 e. The minimum atomic E-state index is -0.909. The topological polar surface area (TPSA) is 53.1 Å². The molecule has 2 aromatic carbocycles. The van der Waals surface area contributed by atoms with Crippen LogP contribution in [0, 0.1) is 0 Å². The zero-order valence-electron chi connectivity index (χ0n) is 8.70. The van der Waals surface area contributed by atoms with Gasteiger partial charge in [-0.3, -0.25) is 0 Å². The summed E-state index contributed by atoms with van der Waals surface area (Å²) in [6, 6.07) is 11.0. The largest absolute Gasteiger partial charge is 0.478 e. The number of benzene rings is 2. The van der Waals surface area contributed by atoms with Gasteiger partial charge in [-0.15, -0.1) is 0 Å². The normalized spacial score (nSPS) is 11.1. The highest BCUT2D eigenvalue weighted by atomic mass is 79.9. The second-order valence-corrected chi connectivity index (χ2v) is 4.71. The predicted octanol–water partition coefficient (Wildman–Crippen LogP) is 3.78. The van der Waals surface area contributed by atoms with Gasteiger partial charge >= 0.3 is 5.97 Å². The fraction of sp³-hybridized carbons (Fsp3) is 0. The first-order valence-corrected chi connectivity index (χ1v) is 5.89. The molecule has 1 aromatic heterocycles. The molecule has 84 valence electrons. The highest BCUT2D eigenvalue weighted by molar-refractivity contribution is 9.10. The third-order valence-electron chi connectivity index (χ3n) is 2.82. The number of hydrogen-bond acceptors (Lipinski definition) is 1. The Hall–Kier alpha value is -1.81. The third kappa shape index (κ3) is 1.52. The Kier molecular flexibility index (Phi) is 2.19. The number of carbonyl (C=O) groups is 1. The maximum Gasteiger partial charge on any atom is 0.335 e. The van der Waals surface area contributed by atoms with E-state index >= 15 is 0 Å². The van der Waals surface area contributed by atoms with E-state index in [0.717, 1.165) is 26.3 Å². The van der Waals surface area contributed by atoms with Crippen LogP contribution in [-0.2, 0) is 0 Å². The van der Waals surface area contributed by atoms with E-state index in [1.54, 1.807) is 18.2 Å². The first-order valence-electron chi connectivity index (χ1n) is 5.10. The number of aromatic nitrogens is 1. The van der Waals surface area contributed by atoms with Crippen molar-refractivity contribution < 1.29 is 9.90 Å². The van der Waals surface area contributed by atoms with Crippen molar-refractivity contribution in [2.45, 2.75) is 0 Å². The van der Waals surface area contributed by atoms with Crippen molar-refractivity contribution in [3.05, 3.63) is 46.4 Å². The Morgan fingerprint density at radius 1 is 1.18 bits per heavy atom. The van der Waals surface area contributed by atoms with Crippen LogP contribution >= 0.6 is 15.9 Å². The van der Waals surface area contributed by atoms with Gasteiger partial charge in [0.05, 0.1) is 5.56 Å². The SMILES string of the molecule is O=C(O)c1ccc2[nH]c3cccc(Br)c3c2c1. The number of hydrogen-bond donors (Lipinski definition) is 2. The average molecular weight is 290 g/mol. The number of halogens is 1. The van der Waals surface area contributed by atoms with Crippen LogP contribution in [0.4, 0.5) is 0 Å². The number of carboxylic acids is 1. The van der Waals surface area contributed by atoms with E-state index < -0.39 is 5.97 Å². The van der Waals surface area contributed by atoms with Crippen molar-refractivity contribution in [2.24, 2.45) is 0 Å². The summed E-state index contributed by atoms with van der Waals surface area (Å²) in [4.78, 5) is 14.2. The van der Waals surface area contributed by atoms with E-state index in [1.165, 1.54) is 0 Å². The summed E-state index contributed by atoms with van der Waals surface area (Å²) in [5.74, 6) is -0.909. The van der Waals surface area contributed by atoms with E-state index in [1.807, 2.05) is 18.2 Å². The number of fused-ring (bicyclic) bond motifs is 3. The van der Waals surface area contributed by atoms with Gasteiger partial charge in [0.15, 0.2) is 0 Å².